The number of rotatable bonds is 6. The molecule has 0 unspecified atom stereocenters. The molecule has 1 aliphatic heterocycles. The molecule has 1 aromatic carbocycles. The van der Waals surface area contributed by atoms with Gasteiger partial charge in [-0.3, -0.25) is 4.79 Å². The third-order valence-corrected chi connectivity index (χ3v) is 4.23. The topological polar surface area (TPSA) is 106 Å². The average Bonchev–Trinajstić information content (AvgIpc) is 2.62. The Morgan fingerprint density at radius 3 is 2.65 bits per heavy atom. The normalized spacial score (nSPS) is 20.9. The van der Waals surface area contributed by atoms with Crippen molar-refractivity contribution in [3.05, 3.63) is 52.1 Å². The zero-order valence-corrected chi connectivity index (χ0v) is 14.4. The largest absolute Gasteiger partial charge is 0.479 e. The number of aliphatic hydroxyl groups is 1. The molecule has 2 atom stereocenters. The summed E-state index contributed by atoms with van der Waals surface area (Å²) in [6.07, 6.45) is -1.15. The fourth-order valence-electron chi connectivity index (χ4n) is 3.11. The van der Waals surface area contributed by atoms with E-state index in [1.165, 1.54) is 44.6 Å². The number of anilines is 1. The lowest BCUT2D eigenvalue weighted by molar-refractivity contribution is -0.142. The summed E-state index contributed by atoms with van der Waals surface area (Å²) in [4.78, 5) is 11.2. The number of methoxy groups -OCH3 is 2. The van der Waals surface area contributed by atoms with Crippen molar-refractivity contribution in [3.8, 4) is 5.75 Å². The molecule has 140 valence electrons. The second-order valence-corrected chi connectivity index (χ2v) is 6.09. The average molecular weight is 365 g/mol. The molecule has 0 saturated heterocycles. The fourth-order valence-corrected chi connectivity index (χ4v) is 3.11. The monoisotopic (exact) mass is 365 g/mol. The zero-order valence-electron chi connectivity index (χ0n) is 14.4. The van der Waals surface area contributed by atoms with Gasteiger partial charge < -0.3 is 24.6 Å². The van der Waals surface area contributed by atoms with Gasteiger partial charge in [0.15, 0.2) is 5.60 Å². The summed E-state index contributed by atoms with van der Waals surface area (Å²) < 4.78 is 30.2. The Labute approximate surface area is 148 Å². The van der Waals surface area contributed by atoms with Crippen molar-refractivity contribution >= 4 is 5.82 Å². The Hall–Kier alpha value is -2.49. The van der Waals surface area contributed by atoms with E-state index in [2.05, 4.69) is 15.5 Å². The maximum atomic E-state index is 13.8. The van der Waals surface area contributed by atoms with Crippen molar-refractivity contribution in [3.63, 3.8) is 0 Å². The molecule has 2 aromatic rings. The van der Waals surface area contributed by atoms with E-state index in [9.17, 15) is 14.3 Å². The molecule has 1 aromatic heterocycles. The third-order valence-electron chi connectivity index (χ3n) is 4.23. The van der Waals surface area contributed by atoms with Gasteiger partial charge in [-0.25, -0.2) is 9.49 Å². The summed E-state index contributed by atoms with van der Waals surface area (Å²) in [7, 11) is 2.97. The van der Waals surface area contributed by atoms with E-state index in [0.29, 0.717) is 17.1 Å². The van der Waals surface area contributed by atoms with Gasteiger partial charge in [0.25, 0.3) is 5.56 Å². The predicted molar refractivity (Wildman–Crippen MR) is 90.7 cm³/mol. The number of halogens is 1. The standard InChI is InChI=1S/C17H20FN3O5/c1-24-8-17(9-25-2)16(23)15(19-13-5-6-14(22)21-20-13)11-7-10(18)3-4-12(11)26-17/h3-7,15-16,23H,8-9H2,1-2H3,(H,19,20)(H,21,22)/t15-,16+/m0/s1. The molecule has 0 aliphatic carbocycles. The molecule has 0 spiro atoms. The molecule has 0 amide bonds. The summed E-state index contributed by atoms with van der Waals surface area (Å²) in [5.74, 6) is 0.244. The van der Waals surface area contributed by atoms with Gasteiger partial charge in [-0.2, -0.15) is 5.10 Å². The van der Waals surface area contributed by atoms with Crippen LogP contribution in [-0.2, 0) is 9.47 Å². The number of aromatic amines is 1. The van der Waals surface area contributed by atoms with Crippen LogP contribution in [-0.4, -0.2) is 54.4 Å². The molecule has 0 bridgehead atoms. The number of aromatic nitrogens is 2. The van der Waals surface area contributed by atoms with E-state index in [-0.39, 0.29) is 18.8 Å². The van der Waals surface area contributed by atoms with Crippen LogP contribution in [0.4, 0.5) is 10.2 Å². The van der Waals surface area contributed by atoms with E-state index in [1.807, 2.05) is 0 Å². The first-order chi connectivity index (χ1) is 12.5. The summed E-state index contributed by atoms with van der Waals surface area (Å²) >= 11 is 0. The number of hydrogen-bond acceptors (Lipinski definition) is 7. The minimum absolute atomic E-state index is 0.0516. The van der Waals surface area contributed by atoms with Crippen molar-refractivity contribution in [1.82, 2.24) is 10.2 Å². The molecule has 9 heteroatoms. The van der Waals surface area contributed by atoms with Gasteiger partial charge in [-0.1, -0.05) is 0 Å². The van der Waals surface area contributed by atoms with Crippen LogP contribution in [0.2, 0.25) is 0 Å². The first-order valence-corrected chi connectivity index (χ1v) is 7.96. The van der Waals surface area contributed by atoms with E-state index >= 15 is 0 Å². The SMILES string of the molecule is COCC1(COC)Oc2ccc(F)cc2[C@H](Nc2ccc(=O)[nH]n2)[C@H]1O. The molecule has 0 fully saturated rings. The molecule has 8 nitrogen and oxygen atoms in total. The maximum absolute atomic E-state index is 13.8. The molecule has 26 heavy (non-hydrogen) atoms. The zero-order chi connectivity index (χ0) is 18.7. The molecule has 0 radical (unpaired) electrons. The van der Waals surface area contributed by atoms with Crippen LogP contribution < -0.4 is 15.6 Å². The minimum atomic E-state index is -1.20. The third kappa shape index (κ3) is 3.41. The highest BCUT2D eigenvalue weighted by Crippen LogP contribution is 2.42. The molecule has 1 aliphatic rings. The van der Waals surface area contributed by atoms with E-state index in [0.717, 1.165) is 0 Å². The van der Waals surface area contributed by atoms with Gasteiger partial charge in [0.05, 0.1) is 19.3 Å². The quantitative estimate of drug-likeness (QED) is 0.697. The van der Waals surface area contributed by atoms with Crippen molar-refractivity contribution < 1.29 is 23.7 Å². The van der Waals surface area contributed by atoms with Crippen LogP contribution in [0, 0.1) is 5.82 Å². The van der Waals surface area contributed by atoms with Crippen LogP contribution >= 0.6 is 0 Å². The van der Waals surface area contributed by atoms with Crippen LogP contribution in [0.15, 0.2) is 35.1 Å². The number of benzene rings is 1. The van der Waals surface area contributed by atoms with E-state index < -0.39 is 23.6 Å². The van der Waals surface area contributed by atoms with Crippen LogP contribution in [0.5, 0.6) is 5.75 Å². The lowest BCUT2D eigenvalue weighted by atomic mass is 9.84. The van der Waals surface area contributed by atoms with Gasteiger partial charge in [0.1, 0.15) is 23.5 Å². The molecule has 3 N–H and O–H groups in total. The van der Waals surface area contributed by atoms with Crippen molar-refractivity contribution in [2.45, 2.75) is 17.7 Å². The summed E-state index contributed by atoms with van der Waals surface area (Å²) in [5, 5.41) is 20.2. The number of nitrogens with one attached hydrogen (secondary N) is 2. The summed E-state index contributed by atoms with van der Waals surface area (Å²) in [6, 6.07) is 6.05. The Morgan fingerprint density at radius 1 is 1.31 bits per heavy atom. The number of ether oxygens (including phenoxy) is 3. The van der Waals surface area contributed by atoms with Gasteiger partial charge in [0.2, 0.25) is 0 Å². The smallest absolute Gasteiger partial charge is 0.264 e. The maximum Gasteiger partial charge on any atom is 0.264 e. The Morgan fingerprint density at radius 2 is 2.04 bits per heavy atom. The lowest BCUT2D eigenvalue weighted by Crippen LogP contribution is -2.60. The fraction of sp³-hybridized carbons (Fsp3) is 0.412. The second-order valence-electron chi connectivity index (χ2n) is 6.09. The summed E-state index contributed by atoms with van der Waals surface area (Å²) in [5.41, 5.74) is -1.13. The van der Waals surface area contributed by atoms with E-state index in [4.69, 9.17) is 14.2 Å². The Balaban J connectivity index is 2.05. The molecule has 3 rings (SSSR count). The number of nitrogens with zero attached hydrogens (tertiary/aromatic N) is 1. The number of fused-ring (bicyclic) bond motifs is 1. The van der Waals surface area contributed by atoms with Gasteiger partial charge in [0, 0.05) is 25.8 Å². The van der Waals surface area contributed by atoms with Crippen molar-refractivity contribution in [1.29, 1.82) is 0 Å². The van der Waals surface area contributed by atoms with E-state index in [1.54, 1.807) is 0 Å². The molecular formula is C17H20FN3O5. The van der Waals surface area contributed by atoms with Gasteiger partial charge in [-0.15, -0.1) is 0 Å². The minimum Gasteiger partial charge on any atom is -0.479 e. The highest BCUT2D eigenvalue weighted by atomic mass is 19.1. The Bertz CT molecular complexity index is 802. The number of hydrogen-bond donors (Lipinski definition) is 3. The highest BCUT2D eigenvalue weighted by molar-refractivity contribution is 5.47. The first-order valence-electron chi connectivity index (χ1n) is 7.96. The molecule has 2 heterocycles. The predicted octanol–water partition coefficient (Wildman–Crippen LogP) is 0.847. The van der Waals surface area contributed by atoms with Gasteiger partial charge >= 0.3 is 0 Å². The molecule has 0 saturated carbocycles. The van der Waals surface area contributed by atoms with Crippen molar-refractivity contribution in [2.24, 2.45) is 0 Å². The summed E-state index contributed by atoms with van der Waals surface area (Å²) in [6.45, 7) is 0.103. The van der Waals surface area contributed by atoms with Crippen LogP contribution in [0.25, 0.3) is 0 Å². The Kier molecular flexibility index (Phi) is 5.21. The van der Waals surface area contributed by atoms with Crippen LogP contribution in [0.3, 0.4) is 0 Å². The first kappa shape index (κ1) is 18.3. The van der Waals surface area contributed by atoms with Crippen molar-refractivity contribution in [2.75, 3.05) is 32.8 Å². The number of aliphatic hydroxyl groups excluding tert-OH is 1. The second kappa shape index (κ2) is 7.40. The van der Waals surface area contributed by atoms with Crippen LogP contribution in [0.1, 0.15) is 11.6 Å². The lowest BCUT2D eigenvalue weighted by Gasteiger charge is -2.45. The highest BCUT2D eigenvalue weighted by Gasteiger charge is 2.50. The number of H-pyrrole nitrogens is 1. The molecular weight excluding hydrogens is 345 g/mol. The van der Waals surface area contributed by atoms with Gasteiger partial charge in [-0.05, 0) is 24.3 Å².